The molecule has 170 valence electrons. The van der Waals surface area contributed by atoms with Crippen molar-refractivity contribution in [1.29, 1.82) is 5.26 Å². The van der Waals surface area contributed by atoms with E-state index in [0.717, 1.165) is 37.1 Å². The van der Waals surface area contributed by atoms with Gasteiger partial charge in [0.05, 0.1) is 16.8 Å². The number of hydrogen-bond donors (Lipinski definition) is 2. The number of unbranched alkanes of at least 4 members (excludes halogenated alkanes) is 1. The van der Waals surface area contributed by atoms with E-state index >= 15 is 0 Å². The normalized spacial score (nSPS) is 11.5. The van der Waals surface area contributed by atoms with E-state index in [4.69, 9.17) is 5.73 Å². The zero-order valence-electron chi connectivity index (χ0n) is 18.2. The third kappa shape index (κ3) is 5.86. The van der Waals surface area contributed by atoms with Crippen LogP contribution >= 0.6 is 0 Å². The number of nitrogens with one attached hydrogen (secondary N) is 1. The second-order valence-corrected chi connectivity index (χ2v) is 7.48. The molecule has 0 radical (unpaired) electrons. The predicted octanol–water partition coefficient (Wildman–Crippen LogP) is 7.36. The van der Waals surface area contributed by atoms with E-state index in [0.29, 0.717) is 5.56 Å². The van der Waals surface area contributed by atoms with Crippen LogP contribution in [0.15, 0.2) is 58.8 Å². The number of rotatable bonds is 7. The molecule has 0 atom stereocenters. The number of pyridine rings is 1. The van der Waals surface area contributed by atoms with E-state index in [-0.39, 0.29) is 28.6 Å². The van der Waals surface area contributed by atoms with Gasteiger partial charge in [0.15, 0.2) is 11.6 Å². The van der Waals surface area contributed by atoms with Gasteiger partial charge in [0.25, 0.3) is 0 Å². The summed E-state index contributed by atoms with van der Waals surface area (Å²) in [5.41, 5.74) is 7.95. The Labute approximate surface area is 190 Å². The number of anilines is 3. The number of nitrogens with two attached hydrogens (primary N) is 1. The average molecular weight is 452 g/mol. The molecule has 1 heterocycles. The molecule has 33 heavy (non-hydrogen) atoms. The van der Waals surface area contributed by atoms with Gasteiger partial charge in [-0.1, -0.05) is 31.5 Å². The maximum absolute atomic E-state index is 12.9. The zero-order valence-corrected chi connectivity index (χ0v) is 18.2. The van der Waals surface area contributed by atoms with E-state index in [1.807, 2.05) is 24.3 Å². The number of halogens is 3. The minimum absolute atomic E-state index is 0.00397. The summed E-state index contributed by atoms with van der Waals surface area (Å²) in [6, 6.07) is 14.4. The van der Waals surface area contributed by atoms with Gasteiger partial charge in [-0.3, -0.25) is 0 Å². The van der Waals surface area contributed by atoms with Crippen LogP contribution in [0.5, 0.6) is 0 Å². The van der Waals surface area contributed by atoms with Crippen molar-refractivity contribution in [2.75, 3.05) is 11.1 Å². The number of nitriles is 1. The van der Waals surface area contributed by atoms with Crippen LogP contribution in [0.3, 0.4) is 0 Å². The smallest absolute Gasteiger partial charge is 0.382 e. The lowest BCUT2D eigenvalue weighted by Crippen LogP contribution is -2.04. The highest BCUT2D eigenvalue weighted by Gasteiger charge is 2.30. The first-order valence-corrected chi connectivity index (χ1v) is 10.4. The Morgan fingerprint density at radius 2 is 1.85 bits per heavy atom. The van der Waals surface area contributed by atoms with Crippen LogP contribution in [-0.2, 0) is 12.6 Å². The van der Waals surface area contributed by atoms with Gasteiger partial charge in [0, 0.05) is 11.3 Å². The van der Waals surface area contributed by atoms with E-state index in [1.54, 1.807) is 6.92 Å². The minimum Gasteiger partial charge on any atom is -0.382 e. The second-order valence-electron chi connectivity index (χ2n) is 7.48. The van der Waals surface area contributed by atoms with Crippen LogP contribution in [0.25, 0.3) is 0 Å². The summed E-state index contributed by atoms with van der Waals surface area (Å²) in [4.78, 5) is 4.25. The fourth-order valence-electron chi connectivity index (χ4n) is 3.20. The molecule has 0 amide bonds. The number of hydrogen-bond acceptors (Lipinski definition) is 6. The Morgan fingerprint density at radius 1 is 1.12 bits per heavy atom. The molecule has 0 saturated heterocycles. The van der Waals surface area contributed by atoms with Gasteiger partial charge >= 0.3 is 6.18 Å². The van der Waals surface area contributed by atoms with Crippen LogP contribution < -0.4 is 11.1 Å². The van der Waals surface area contributed by atoms with E-state index < -0.39 is 11.7 Å². The van der Waals surface area contributed by atoms with Gasteiger partial charge in [-0.2, -0.15) is 23.5 Å². The van der Waals surface area contributed by atoms with Crippen molar-refractivity contribution < 1.29 is 13.2 Å². The molecular formula is C24H23F3N6. The van der Waals surface area contributed by atoms with Gasteiger partial charge in [-0.05, 0) is 55.7 Å². The first-order chi connectivity index (χ1) is 15.7. The number of alkyl halides is 3. The Balaban J connectivity index is 1.88. The fourth-order valence-corrected chi connectivity index (χ4v) is 3.20. The number of benzene rings is 2. The maximum atomic E-state index is 12.9. The first-order valence-electron chi connectivity index (χ1n) is 10.4. The minimum atomic E-state index is -4.49. The molecule has 0 saturated carbocycles. The molecule has 0 bridgehead atoms. The first kappa shape index (κ1) is 23.7. The Kier molecular flexibility index (Phi) is 7.28. The topological polar surface area (TPSA) is 99.4 Å². The zero-order chi connectivity index (χ0) is 24.0. The van der Waals surface area contributed by atoms with Crippen molar-refractivity contribution in [3.8, 4) is 6.07 Å². The van der Waals surface area contributed by atoms with Crippen LogP contribution in [0, 0.1) is 18.3 Å². The molecular weight excluding hydrogens is 429 g/mol. The molecule has 0 aliphatic rings. The molecule has 0 aliphatic carbocycles. The number of aromatic nitrogens is 1. The van der Waals surface area contributed by atoms with E-state index in [1.165, 1.54) is 17.7 Å². The third-order valence-electron chi connectivity index (χ3n) is 5.03. The Hall–Kier alpha value is -3.93. The summed E-state index contributed by atoms with van der Waals surface area (Å²) in [6.45, 7) is 3.77. The highest BCUT2D eigenvalue weighted by Crippen LogP contribution is 2.35. The number of nitrogens with zero attached hydrogens (tertiary/aromatic N) is 4. The molecule has 3 aromatic rings. The lowest BCUT2D eigenvalue weighted by atomic mass is 10.1. The van der Waals surface area contributed by atoms with Gasteiger partial charge in [-0.15, -0.1) is 5.11 Å². The average Bonchev–Trinajstić information content (AvgIpc) is 2.78. The summed E-state index contributed by atoms with van der Waals surface area (Å²) >= 11 is 0. The molecule has 0 fully saturated rings. The molecule has 0 aliphatic heterocycles. The van der Waals surface area contributed by atoms with Gasteiger partial charge in [0.2, 0.25) is 0 Å². The summed E-state index contributed by atoms with van der Waals surface area (Å²) in [5.74, 6) is 0.274. The number of azo groups is 1. The van der Waals surface area contributed by atoms with E-state index in [9.17, 15) is 18.4 Å². The molecule has 3 N–H and O–H groups in total. The quantitative estimate of drug-likeness (QED) is 0.366. The molecule has 9 heteroatoms. The predicted molar refractivity (Wildman–Crippen MR) is 122 cm³/mol. The lowest BCUT2D eigenvalue weighted by molar-refractivity contribution is -0.137. The van der Waals surface area contributed by atoms with Crippen LogP contribution in [0.1, 0.15) is 42.0 Å². The fraction of sp³-hybridized carbons (Fsp3) is 0.250. The highest BCUT2D eigenvalue weighted by atomic mass is 19.4. The molecule has 0 spiro atoms. The Morgan fingerprint density at radius 3 is 2.48 bits per heavy atom. The van der Waals surface area contributed by atoms with Crippen LogP contribution in [0.4, 0.5) is 41.9 Å². The standard InChI is InChI=1S/C24H23F3N6/c1-3-4-6-16-9-11-18(12-10-16)30-23-20(14-28)15(2)21(22(29)31-23)33-32-19-8-5-7-17(13-19)24(25,26)27/h5,7-13H,3-4,6H2,1-2H3,(H3,29,30,31). The second kappa shape index (κ2) is 10.1. The highest BCUT2D eigenvalue weighted by molar-refractivity contribution is 5.75. The largest absolute Gasteiger partial charge is 0.416 e. The monoisotopic (exact) mass is 452 g/mol. The van der Waals surface area contributed by atoms with Crippen molar-refractivity contribution in [2.24, 2.45) is 10.2 Å². The van der Waals surface area contributed by atoms with E-state index in [2.05, 4.69) is 33.5 Å². The third-order valence-corrected chi connectivity index (χ3v) is 5.03. The number of aryl methyl sites for hydroxylation is 1. The van der Waals surface area contributed by atoms with Crippen LogP contribution in [-0.4, -0.2) is 4.98 Å². The van der Waals surface area contributed by atoms with Crippen LogP contribution in [0.2, 0.25) is 0 Å². The van der Waals surface area contributed by atoms with Crippen molar-refractivity contribution >= 4 is 28.7 Å². The van der Waals surface area contributed by atoms with Gasteiger partial charge in [-0.25, -0.2) is 4.98 Å². The van der Waals surface area contributed by atoms with Crippen molar-refractivity contribution in [2.45, 2.75) is 39.3 Å². The van der Waals surface area contributed by atoms with Gasteiger partial charge in [0.1, 0.15) is 11.8 Å². The summed E-state index contributed by atoms with van der Waals surface area (Å²) in [6.07, 6.45) is -1.27. The van der Waals surface area contributed by atoms with Crippen molar-refractivity contribution in [1.82, 2.24) is 4.98 Å². The molecule has 1 aromatic heterocycles. The molecule has 2 aromatic carbocycles. The summed E-state index contributed by atoms with van der Waals surface area (Å²) in [7, 11) is 0. The Bertz CT molecular complexity index is 1190. The lowest BCUT2D eigenvalue weighted by Gasteiger charge is -2.13. The SMILES string of the molecule is CCCCc1ccc(Nc2nc(N)c(N=Nc3cccc(C(F)(F)F)c3)c(C)c2C#N)cc1. The molecule has 6 nitrogen and oxygen atoms in total. The summed E-state index contributed by atoms with van der Waals surface area (Å²) < 4.78 is 38.7. The maximum Gasteiger partial charge on any atom is 0.416 e. The molecule has 3 rings (SSSR count). The van der Waals surface area contributed by atoms with Crippen molar-refractivity contribution in [3.63, 3.8) is 0 Å². The van der Waals surface area contributed by atoms with Crippen molar-refractivity contribution in [3.05, 3.63) is 70.8 Å². The number of nitrogen functional groups attached to an aromatic ring is 1. The molecule has 0 unspecified atom stereocenters. The van der Waals surface area contributed by atoms with Gasteiger partial charge < -0.3 is 11.1 Å². The summed E-state index contributed by atoms with van der Waals surface area (Å²) in [5, 5.41) is 20.6.